The molecule has 0 radical (unpaired) electrons. The molecule has 0 aromatic carbocycles. The van der Waals surface area contributed by atoms with E-state index < -0.39 is 11.2 Å². The molecule has 0 fully saturated rings. The Labute approximate surface area is 70.8 Å². The fourth-order valence-corrected chi connectivity index (χ4v) is 1.14. The average Bonchev–Trinajstić information content (AvgIpc) is 2.44. The van der Waals surface area contributed by atoms with Crippen LogP contribution in [0.3, 0.4) is 0 Å². The minimum Gasteiger partial charge on any atom is -0.422 e. The molecule has 2 N–H and O–H groups in total. The highest BCUT2D eigenvalue weighted by atomic mass is 16.5. The number of aromatic amines is 1. The maximum Gasteiger partial charge on any atom is 0.363 e. The van der Waals surface area contributed by atoms with Gasteiger partial charge in [0.05, 0.1) is 6.33 Å². The first kappa shape index (κ1) is 7.59. The van der Waals surface area contributed by atoms with Gasteiger partial charge in [-0.3, -0.25) is 9.78 Å². The fraction of sp³-hybridized carbons (Fsp3) is 0.167. The van der Waals surface area contributed by atoms with E-state index in [1.807, 2.05) is 4.98 Å². The Balaban J connectivity index is 3.18. The highest BCUT2D eigenvalue weighted by Gasteiger charge is 2.10. The lowest BCUT2D eigenvalue weighted by Crippen LogP contribution is -2.29. The van der Waals surface area contributed by atoms with Crippen LogP contribution >= 0.6 is 0 Å². The molecule has 7 nitrogen and oxygen atoms in total. The Hall–Kier alpha value is -2.05. The van der Waals surface area contributed by atoms with Crippen molar-refractivity contribution >= 4 is 11.2 Å². The molecular formula is C6H6N4O3. The second kappa shape index (κ2) is 2.22. The molecule has 0 aliphatic carbocycles. The number of aryl methyl sites for hydroxylation is 1. The van der Waals surface area contributed by atoms with Gasteiger partial charge in [0.1, 0.15) is 0 Å². The molecule has 0 atom stereocenters. The second-order valence-electron chi connectivity index (χ2n) is 2.60. The van der Waals surface area contributed by atoms with Gasteiger partial charge in [0.15, 0.2) is 5.52 Å². The van der Waals surface area contributed by atoms with Gasteiger partial charge in [-0.15, -0.1) is 4.73 Å². The van der Waals surface area contributed by atoms with Crippen molar-refractivity contribution in [2.45, 2.75) is 0 Å². The van der Waals surface area contributed by atoms with Gasteiger partial charge in [0.2, 0.25) is 5.65 Å². The molecule has 0 unspecified atom stereocenters. The predicted octanol–water partition coefficient (Wildman–Crippen LogP) is -1.34. The maximum atomic E-state index is 11.2. The topological polar surface area (TPSA) is 92.9 Å². The molecule has 2 heterocycles. The summed E-state index contributed by atoms with van der Waals surface area (Å²) >= 11 is 0. The zero-order valence-corrected chi connectivity index (χ0v) is 6.68. The molecule has 2 aromatic rings. The van der Waals surface area contributed by atoms with Gasteiger partial charge in [0.25, 0.3) is 5.56 Å². The lowest BCUT2D eigenvalue weighted by Gasteiger charge is -1.95. The van der Waals surface area contributed by atoms with Crippen molar-refractivity contribution in [2.24, 2.45) is 7.05 Å². The van der Waals surface area contributed by atoms with Crippen LogP contribution in [0.4, 0.5) is 0 Å². The lowest BCUT2D eigenvalue weighted by molar-refractivity contribution is 0.182. The van der Waals surface area contributed by atoms with Gasteiger partial charge < -0.3 is 9.77 Å². The van der Waals surface area contributed by atoms with Crippen LogP contribution in [0.2, 0.25) is 0 Å². The second-order valence-corrected chi connectivity index (χ2v) is 2.60. The molecule has 2 rings (SSSR count). The summed E-state index contributed by atoms with van der Waals surface area (Å²) in [5.74, 6) is 0. The van der Waals surface area contributed by atoms with Crippen molar-refractivity contribution in [3.8, 4) is 0 Å². The van der Waals surface area contributed by atoms with Crippen molar-refractivity contribution in [1.29, 1.82) is 0 Å². The summed E-state index contributed by atoms with van der Waals surface area (Å²) in [7, 11) is 1.59. The third-order valence-corrected chi connectivity index (χ3v) is 1.75. The van der Waals surface area contributed by atoms with Gasteiger partial charge in [-0.05, 0) is 0 Å². The van der Waals surface area contributed by atoms with Crippen LogP contribution in [0.15, 0.2) is 15.9 Å². The van der Waals surface area contributed by atoms with Gasteiger partial charge in [-0.25, -0.2) is 9.78 Å². The quantitative estimate of drug-likeness (QED) is 0.493. The minimum absolute atomic E-state index is 0.0451. The molecule has 0 aliphatic rings. The average molecular weight is 182 g/mol. The van der Waals surface area contributed by atoms with E-state index in [1.54, 1.807) is 7.05 Å². The minimum atomic E-state index is -0.892. The number of hydrogen-bond donors (Lipinski definition) is 2. The Kier molecular flexibility index (Phi) is 1.30. The normalized spacial score (nSPS) is 10.8. The summed E-state index contributed by atoms with van der Waals surface area (Å²) in [6.07, 6.45) is 1.34. The molecule has 0 amide bonds. The number of nitrogens with one attached hydrogen (secondary N) is 1. The molecule has 0 spiro atoms. The number of fused-ring (bicyclic) bond motifs is 1. The summed E-state index contributed by atoms with van der Waals surface area (Å²) in [4.78, 5) is 27.7. The zero-order valence-electron chi connectivity index (χ0n) is 6.68. The third kappa shape index (κ3) is 0.866. The van der Waals surface area contributed by atoms with Crippen LogP contribution in [-0.4, -0.2) is 24.5 Å². The SMILES string of the molecule is Cn1cnc2c1c(=O)[nH]c(=O)n2O. The number of nitrogens with zero attached hydrogens (tertiary/aromatic N) is 3. The summed E-state index contributed by atoms with van der Waals surface area (Å²) in [5.41, 5.74) is -1.35. The maximum absolute atomic E-state index is 11.2. The largest absolute Gasteiger partial charge is 0.422 e. The van der Waals surface area contributed by atoms with E-state index in [1.165, 1.54) is 10.9 Å². The van der Waals surface area contributed by atoms with Crippen LogP contribution in [0.25, 0.3) is 11.2 Å². The first-order valence-electron chi connectivity index (χ1n) is 3.47. The summed E-state index contributed by atoms with van der Waals surface area (Å²) in [6, 6.07) is 0. The van der Waals surface area contributed by atoms with Crippen molar-refractivity contribution in [3.05, 3.63) is 27.2 Å². The van der Waals surface area contributed by atoms with Crippen molar-refractivity contribution < 1.29 is 5.21 Å². The van der Waals surface area contributed by atoms with E-state index in [-0.39, 0.29) is 11.2 Å². The molecule has 7 heteroatoms. The van der Waals surface area contributed by atoms with Crippen LogP contribution < -0.4 is 11.2 Å². The Bertz CT molecular complexity index is 576. The molecule has 68 valence electrons. The van der Waals surface area contributed by atoms with E-state index >= 15 is 0 Å². The molecule has 13 heavy (non-hydrogen) atoms. The molecule has 0 aliphatic heterocycles. The smallest absolute Gasteiger partial charge is 0.363 e. The monoisotopic (exact) mass is 182 g/mol. The van der Waals surface area contributed by atoms with Gasteiger partial charge in [0, 0.05) is 7.05 Å². The highest BCUT2D eigenvalue weighted by molar-refractivity contribution is 5.69. The highest BCUT2D eigenvalue weighted by Crippen LogP contribution is 2.00. The third-order valence-electron chi connectivity index (χ3n) is 1.75. The molecule has 0 saturated heterocycles. The van der Waals surface area contributed by atoms with Crippen molar-refractivity contribution in [2.75, 3.05) is 0 Å². The van der Waals surface area contributed by atoms with Crippen LogP contribution in [0.1, 0.15) is 0 Å². The molecule has 0 saturated carbocycles. The van der Waals surface area contributed by atoms with E-state index in [4.69, 9.17) is 5.21 Å². The Morgan fingerprint density at radius 1 is 1.54 bits per heavy atom. The zero-order chi connectivity index (χ0) is 9.59. The number of imidazole rings is 1. The van der Waals surface area contributed by atoms with Crippen LogP contribution in [0.5, 0.6) is 0 Å². The first-order valence-corrected chi connectivity index (χ1v) is 3.47. The summed E-state index contributed by atoms with van der Waals surface area (Å²) < 4.78 is 1.72. The predicted molar refractivity (Wildman–Crippen MR) is 42.8 cm³/mol. The molecule has 2 aromatic heterocycles. The van der Waals surface area contributed by atoms with Gasteiger partial charge >= 0.3 is 5.69 Å². The fourth-order valence-electron chi connectivity index (χ4n) is 1.14. The number of H-pyrrole nitrogens is 1. The van der Waals surface area contributed by atoms with E-state index in [2.05, 4.69) is 4.98 Å². The standard InChI is InChI=1S/C6H6N4O3/c1-9-2-7-4-3(9)5(11)8-6(12)10(4)13/h2,13H,1H3,(H,8,11,12). The van der Waals surface area contributed by atoms with Crippen molar-refractivity contribution in [1.82, 2.24) is 19.3 Å². The Morgan fingerprint density at radius 3 is 2.92 bits per heavy atom. The molecular weight excluding hydrogens is 176 g/mol. The number of hydrogen-bond acceptors (Lipinski definition) is 4. The van der Waals surface area contributed by atoms with Crippen molar-refractivity contribution in [3.63, 3.8) is 0 Å². The first-order chi connectivity index (χ1) is 6.11. The van der Waals surface area contributed by atoms with E-state index in [0.717, 1.165) is 0 Å². The van der Waals surface area contributed by atoms with Gasteiger partial charge in [-0.2, -0.15) is 0 Å². The molecule has 0 bridgehead atoms. The summed E-state index contributed by atoms with van der Waals surface area (Å²) in [6.45, 7) is 0. The van der Waals surface area contributed by atoms with E-state index in [0.29, 0.717) is 4.73 Å². The van der Waals surface area contributed by atoms with Crippen LogP contribution in [-0.2, 0) is 7.05 Å². The van der Waals surface area contributed by atoms with Gasteiger partial charge in [-0.1, -0.05) is 0 Å². The summed E-state index contributed by atoms with van der Waals surface area (Å²) in [5, 5.41) is 9.15. The van der Waals surface area contributed by atoms with E-state index in [9.17, 15) is 9.59 Å². The lowest BCUT2D eigenvalue weighted by atomic mass is 10.5. The Morgan fingerprint density at radius 2 is 2.23 bits per heavy atom. The number of rotatable bonds is 0. The number of aromatic nitrogens is 4. The van der Waals surface area contributed by atoms with Crippen LogP contribution in [0, 0.1) is 0 Å².